The van der Waals surface area contributed by atoms with E-state index in [4.69, 9.17) is 4.74 Å². The molecule has 1 atom stereocenters. The number of nitrogens with zero attached hydrogens (tertiary/aromatic N) is 1. The van der Waals surface area contributed by atoms with Crippen LogP contribution < -0.4 is 9.64 Å². The van der Waals surface area contributed by atoms with Crippen LogP contribution in [0, 0.1) is 13.8 Å². The normalized spacial score (nSPS) is 17.0. The van der Waals surface area contributed by atoms with Gasteiger partial charge in [-0.05, 0) is 49.6 Å². The molecule has 0 radical (unpaired) electrons. The SMILES string of the molecule is CCN1CC(Cc2ccc(C)c(C)c2)Oc2cc(O)ccc21. The van der Waals surface area contributed by atoms with Crippen LogP contribution in [-0.2, 0) is 6.42 Å². The molecule has 1 heterocycles. The number of aromatic hydroxyl groups is 1. The van der Waals surface area contributed by atoms with Gasteiger partial charge in [-0.1, -0.05) is 18.2 Å². The van der Waals surface area contributed by atoms with E-state index in [1.165, 1.54) is 16.7 Å². The zero-order valence-electron chi connectivity index (χ0n) is 13.5. The maximum Gasteiger partial charge on any atom is 0.146 e. The fourth-order valence-electron chi connectivity index (χ4n) is 3.02. The summed E-state index contributed by atoms with van der Waals surface area (Å²) in [4.78, 5) is 2.31. The van der Waals surface area contributed by atoms with E-state index >= 15 is 0 Å². The summed E-state index contributed by atoms with van der Waals surface area (Å²) in [5.41, 5.74) is 5.00. The number of aryl methyl sites for hydroxylation is 2. The van der Waals surface area contributed by atoms with Crippen molar-refractivity contribution in [2.24, 2.45) is 0 Å². The van der Waals surface area contributed by atoms with Gasteiger partial charge in [0.15, 0.2) is 0 Å². The van der Waals surface area contributed by atoms with Crippen LogP contribution in [0.15, 0.2) is 36.4 Å². The molecule has 0 aliphatic carbocycles. The van der Waals surface area contributed by atoms with Crippen LogP contribution in [0.25, 0.3) is 0 Å². The van der Waals surface area contributed by atoms with Crippen molar-refractivity contribution in [3.8, 4) is 11.5 Å². The van der Waals surface area contributed by atoms with Crippen molar-refractivity contribution in [1.82, 2.24) is 0 Å². The van der Waals surface area contributed by atoms with E-state index in [0.717, 1.165) is 30.9 Å². The summed E-state index contributed by atoms with van der Waals surface area (Å²) in [6.07, 6.45) is 0.989. The van der Waals surface area contributed by atoms with E-state index in [1.807, 2.05) is 6.07 Å². The van der Waals surface area contributed by atoms with Crippen LogP contribution in [-0.4, -0.2) is 24.3 Å². The number of hydrogen-bond acceptors (Lipinski definition) is 3. The standard InChI is InChI=1S/C19H23NO2/c1-4-20-12-17(10-15-6-5-13(2)14(3)9-15)22-19-11-16(21)7-8-18(19)20/h5-9,11,17,21H,4,10,12H2,1-3H3. The van der Waals surface area contributed by atoms with E-state index < -0.39 is 0 Å². The Morgan fingerprint density at radius 1 is 1.14 bits per heavy atom. The third kappa shape index (κ3) is 2.89. The van der Waals surface area contributed by atoms with Gasteiger partial charge in [-0.3, -0.25) is 0 Å². The molecule has 0 fully saturated rings. The smallest absolute Gasteiger partial charge is 0.146 e. The average molecular weight is 297 g/mol. The summed E-state index contributed by atoms with van der Waals surface area (Å²) >= 11 is 0. The first-order valence-electron chi connectivity index (χ1n) is 7.87. The third-order valence-corrected chi connectivity index (χ3v) is 4.42. The lowest BCUT2D eigenvalue weighted by Gasteiger charge is -2.36. The number of anilines is 1. The van der Waals surface area contributed by atoms with Crippen molar-refractivity contribution in [2.75, 3.05) is 18.0 Å². The Hall–Kier alpha value is -2.16. The number of rotatable bonds is 3. The molecule has 3 rings (SSSR count). The van der Waals surface area contributed by atoms with E-state index in [9.17, 15) is 5.11 Å². The van der Waals surface area contributed by atoms with Gasteiger partial charge in [0, 0.05) is 19.0 Å². The van der Waals surface area contributed by atoms with Crippen LogP contribution in [0.3, 0.4) is 0 Å². The molecule has 0 saturated carbocycles. The maximum atomic E-state index is 9.69. The molecule has 1 unspecified atom stereocenters. The zero-order chi connectivity index (χ0) is 15.7. The molecule has 0 aromatic heterocycles. The Bertz CT molecular complexity index is 681. The molecule has 1 aliphatic rings. The van der Waals surface area contributed by atoms with Crippen LogP contribution >= 0.6 is 0 Å². The van der Waals surface area contributed by atoms with Gasteiger partial charge in [0.1, 0.15) is 17.6 Å². The van der Waals surface area contributed by atoms with E-state index in [1.54, 1.807) is 12.1 Å². The van der Waals surface area contributed by atoms with Gasteiger partial charge in [-0.15, -0.1) is 0 Å². The minimum absolute atomic E-state index is 0.108. The molecule has 3 heteroatoms. The minimum atomic E-state index is 0.108. The molecular weight excluding hydrogens is 274 g/mol. The highest BCUT2D eigenvalue weighted by molar-refractivity contribution is 5.62. The second-order valence-electron chi connectivity index (χ2n) is 6.05. The fraction of sp³-hybridized carbons (Fsp3) is 0.368. The Morgan fingerprint density at radius 2 is 1.95 bits per heavy atom. The maximum absolute atomic E-state index is 9.69. The van der Waals surface area contributed by atoms with E-state index in [0.29, 0.717) is 0 Å². The van der Waals surface area contributed by atoms with Gasteiger partial charge in [0.2, 0.25) is 0 Å². The molecule has 22 heavy (non-hydrogen) atoms. The quantitative estimate of drug-likeness (QED) is 0.934. The molecule has 1 N–H and O–H groups in total. The monoisotopic (exact) mass is 297 g/mol. The average Bonchev–Trinajstić information content (AvgIpc) is 2.49. The highest BCUT2D eigenvalue weighted by atomic mass is 16.5. The summed E-state index contributed by atoms with van der Waals surface area (Å²) in [6, 6.07) is 12.0. The van der Waals surface area contributed by atoms with Gasteiger partial charge < -0.3 is 14.7 Å². The van der Waals surface area contributed by atoms with E-state index in [-0.39, 0.29) is 11.9 Å². The highest BCUT2D eigenvalue weighted by Gasteiger charge is 2.25. The number of phenolic OH excluding ortho intramolecular Hbond substituents is 1. The van der Waals surface area contributed by atoms with Crippen LogP contribution in [0.5, 0.6) is 11.5 Å². The number of phenols is 1. The predicted molar refractivity (Wildman–Crippen MR) is 90.0 cm³/mol. The molecule has 1 aliphatic heterocycles. The number of benzene rings is 2. The molecule has 0 spiro atoms. The summed E-state index contributed by atoms with van der Waals surface area (Å²) < 4.78 is 6.12. The van der Waals surface area contributed by atoms with Gasteiger partial charge >= 0.3 is 0 Å². The lowest BCUT2D eigenvalue weighted by atomic mass is 10.0. The number of fused-ring (bicyclic) bond motifs is 1. The highest BCUT2D eigenvalue weighted by Crippen LogP contribution is 2.36. The summed E-state index contributed by atoms with van der Waals surface area (Å²) in [5, 5.41) is 9.69. The first-order chi connectivity index (χ1) is 10.6. The topological polar surface area (TPSA) is 32.7 Å². The van der Waals surface area contributed by atoms with Crippen molar-refractivity contribution in [3.63, 3.8) is 0 Å². The van der Waals surface area contributed by atoms with Crippen LogP contribution in [0.4, 0.5) is 5.69 Å². The molecule has 0 amide bonds. The zero-order valence-corrected chi connectivity index (χ0v) is 13.5. The second-order valence-corrected chi connectivity index (χ2v) is 6.05. The van der Waals surface area contributed by atoms with Gasteiger partial charge in [-0.25, -0.2) is 0 Å². The summed E-state index contributed by atoms with van der Waals surface area (Å²) in [5.74, 6) is 1.03. The Balaban J connectivity index is 1.82. The predicted octanol–water partition coefficient (Wildman–Crippen LogP) is 3.84. The summed E-state index contributed by atoms with van der Waals surface area (Å²) in [6.45, 7) is 8.24. The van der Waals surface area contributed by atoms with E-state index in [2.05, 4.69) is 43.9 Å². The van der Waals surface area contributed by atoms with Crippen molar-refractivity contribution >= 4 is 5.69 Å². The first kappa shape index (κ1) is 14.8. The molecule has 0 bridgehead atoms. The first-order valence-corrected chi connectivity index (χ1v) is 7.87. The summed E-state index contributed by atoms with van der Waals surface area (Å²) in [7, 11) is 0. The molecule has 2 aromatic carbocycles. The minimum Gasteiger partial charge on any atom is -0.508 e. The lowest BCUT2D eigenvalue weighted by Crippen LogP contribution is -2.41. The lowest BCUT2D eigenvalue weighted by molar-refractivity contribution is 0.193. The number of likely N-dealkylation sites (N-methyl/N-ethyl adjacent to an activating group) is 1. The number of hydrogen-bond donors (Lipinski definition) is 1. The van der Waals surface area contributed by atoms with Crippen LogP contribution in [0.1, 0.15) is 23.6 Å². The van der Waals surface area contributed by atoms with Crippen molar-refractivity contribution in [2.45, 2.75) is 33.3 Å². The molecule has 116 valence electrons. The Kier molecular flexibility index (Phi) is 3.97. The van der Waals surface area contributed by atoms with Gasteiger partial charge in [0.25, 0.3) is 0 Å². The second kappa shape index (κ2) is 5.91. The molecule has 3 nitrogen and oxygen atoms in total. The third-order valence-electron chi connectivity index (χ3n) is 4.42. The van der Waals surface area contributed by atoms with Crippen LogP contribution in [0.2, 0.25) is 0 Å². The molecule has 0 saturated heterocycles. The molecular formula is C19H23NO2. The Labute approximate surface area is 132 Å². The Morgan fingerprint density at radius 3 is 2.68 bits per heavy atom. The fourth-order valence-corrected chi connectivity index (χ4v) is 3.02. The van der Waals surface area contributed by atoms with Crippen molar-refractivity contribution < 1.29 is 9.84 Å². The molecule has 2 aromatic rings. The van der Waals surface area contributed by atoms with Gasteiger partial charge in [-0.2, -0.15) is 0 Å². The van der Waals surface area contributed by atoms with Crippen molar-refractivity contribution in [3.05, 3.63) is 53.1 Å². The largest absolute Gasteiger partial charge is 0.508 e. The van der Waals surface area contributed by atoms with Gasteiger partial charge in [0.05, 0.1) is 12.2 Å². The van der Waals surface area contributed by atoms with Crippen molar-refractivity contribution in [1.29, 1.82) is 0 Å². The number of ether oxygens (including phenoxy) is 1.